The Balaban J connectivity index is 1.56. The summed E-state index contributed by atoms with van der Waals surface area (Å²) in [6.07, 6.45) is 3.58. The number of halogens is 1. The summed E-state index contributed by atoms with van der Waals surface area (Å²) in [6.45, 7) is 0.390. The van der Waals surface area contributed by atoms with Gasteiger partial charge < -0.3 is 14.4 Å². The molecule has 164 valence electrons. The van der Waals surface area contributed by atoms with Gasteiger partial charge in [0.25, 0.3) is 0 Å². The Morgan fingerprint density at radius 2 is 1.91 bits per heavy atom. The van der Waals surface area contributed by atoms with Crippen LogP contribution in [0.4, 0.5) is 11.4 Å². The molecule has 0 aromatic heterocycles. The second-order valence-electron chi connectivity index (χ2n) is 7.71. The smallest absolute Gasteiger partial charge is 0.163 e. The predicted octanol–water partition coefficient (Wildman–Crippen LogP) is 5.75. The van der Waals surface area contributed by atoms with Crippen LogP contribution in [0.15, 0.2) is 65.7 Å². The molecule has 0 N–H and O–H groups in total. The van der Waals surface area contributed by atoms with Gasteiger partial charge in [-0.05, 0) is 35.2 Å². The molecule has 0 radical (unpaired) electrons. The largest absolute Gasteiger partial charge is 0.493 e. The fourth-order valence-electron chi connectivity index (χ4n) is 3.89. The van der Waals surface area contributed by atoms with Gasteiger partial charge in [0.05, 0.1) is 18.8 Å². The number of anilines is 1. The third-order valence-electron chi connectivity index (χ3n) is 5.66. The van der Waals surface area contributed by atoms with Crippen molar-refractivity contribution in [2.45, 2.75) is 24.4 Å². The average molecular weight is 493 g/mol. The van der Waals surface area contributed by atoms with E-state index in [1.54, 1.807) is 19.2 Å². The van der Waals surface area contributed by atoms with Crippen molar-refractivity contribution in [1.82, 2.24) is 0 Å². The number of likely N-dealkylation sites (N-methyl/N-ethyl adjacent to an activating group) is 1. The number of nitrogens with zero attached hydrogens (tertiary/aromatic N) is 2. The standard InChI is InChI=1S/C26H25BrN2O3/c1-29-22(11-20-8-3-4-9-24(20)29)15-28-23-13-26(25(31-2)12-21(23)16-30)32-17-19-7-5-6-18(10-19)14-27/h3-10,12-13,15-16,22H,11,14,17H2,1-2H3. The van der Waals surface area contributed by atoms with Gasteiger partial charge in [-0.3, -0.25) is 9.79 Å². The van der Waals surface area contributed by atoms with Crippen LogP contribution in [-0.2, 0) is 18.4 Å². The van der Waals surface area contributed by atoms with Crippen LogP contribution >= 0.6 is 15.9 Å². The maximum atomic E-state index is 11.7. The molecule has 0 amide bonds. The Labute approximate surface area is 196 Å². The number of benzene rings is 3. The molecule has 1 aliphatic rings. The highest BCUT2D eigenvalue weighted by molar-refractivity contribution is 9.08. The number of methoxy groups -OCH3 is 1. The lowest BCUT2D eigenvalue weighted by molar-refractivity contribution is 0.112. The van der Waals surface area contributed by atoms with E-state index in [4.69, 9.17) is 9.47 Å². The zero-order valence-corrected chi connectivity index (χ0v) is 19.7. The van der Waals surface area contributed by atoms with Crippen LogP contribution in [0.1, 0.15) is 27.0 Å². The lowest BCUT2D eigenvalue weighted by Crippen LogP contribution is -2.28. The predicted molar refractivity (Wildman–Crippen MR) is 132 cm³/mol. The topological polar surface area (TPSA) is 51.1 Å². The maximum Gasteiger partial charge on any atom is 0.163 e. The SMILES string of the molecule is COc1cc(C=O)c(N=CC2Cc3ccccc3N2C)cc1OCc1cccc(CBr)c1. The first-order valence-corrected chi connectivity index (χ1v) is 11.5. The van der Waals surface area contributed by atoms with Crippen LogP contribution in [0.5, 0.6) is 11.5 Å². The van der Waals surface area contributed by atoms with Gasteiger partial charge in [0, 0.05) is 35.9 Å². The van der Waals surface area contributed by atoms with Crippen molar-refractivity contribution in [3.63, 3.8) is 0 Å². The zero-order chi connectivity index (χ0) is 22.5. The first-order valence-electron chi connectivity index (χ1n) is 10.4. The van der Waals surface area contributed by atoms with Crippen molar-refractivity contribution in [3.8, 4) is 11.5 Å². The second kappa shape index (κ2) is 10.0. The molecule has 32 heavy (non-hydrogen) atoms. The molecule has 1 atom stereocenters. The van der Waals surface area contributed by atoms with Crippen LogP contribution < -0.4 is 14.4 Å². The number of ether oxygens (including phenoxy) is 2. The highest BCUT2D eigenvalue weighted by Crippen LogP contribution is 2.36. The molecule has 0 spiro atoms. The van der Waals surface area contributed by atoms with Crippen molar-refractivity contribution in [2.75, 3.05) is 19.1 Å². The summed E-state index contributed by atoms with van der Waals surface area (Å²) in [5, 5.41) is 0.788. The molecule has 3 aromatic carbocycles. The van der Waals surface area contributed by atoms with Gasteiger partial charge in [-0.1, -0.05) is 58.4 Å². The van der Waals surface area contributed by atoms with Crippen LogP contribution in [0.25, 0.3) is 0 Å². The minimum absolute atomic E-state index is 0.130. The third-order valence-corrected chi connectivity index (χ3v) is 6.31. The molecule has 0 aliphatic carbocycles. The number of alkyl halides is 1. The van der Waals surface area contributed by atoms with Gasteiger partial charge in [0.1, 0.15) is 6.61 Å². The highest BCUT2D eigenvalue weighted by atomic mass is 79.9. The second-order valence-corrected chi connectivity index (χ2v) is 8.27. The Hall–Kier alpha value is -3.12. The summed E-state index contributed by atoms with van der Waals surface area (Å²) >= 11 is 3.48. The zero-order valence-electron chi connectivity index (χ0n) is 18.1. The number of rotatable bonds is 8. The lowest BCUT2D eigenvalue weighted by atomic mass is 10.1. The van der Waals surface area contributed by atoms with Gasteiger partial charge in [-0.15, -0.1) is 0 Å². The molecule has 0 fully saturated rings. The molecule has 1 heterocycles. The fourth-order valence-corrected chi connectivity index (χ4v) is 4.24. The van der Waals surface area contributed by atoms with Crippen LogP contribution in [-0.4, -0.2) is 32.7 Å². The van der Waals surface area contributed by atoms with Crippen LogP contribution in [0, 0.1) is 0 Å². The summed E-state index contributed by atoms with van der Waals surface area (Å²) < 4.78 is 11.5. The van der Waals surface area contributed by atoms with Gasteiger partial charge in [-0.25, -0.2) is 0 Å². The molecule has 6 heteroatoms. The molecule has 5 nitrogen and oxygen atoms in total. The number of carbonyl (C=O) groups excluding carboxylic acids is 1. The van der Waals surface area contributed by atoms with Crippen molar-refractivity contribution in [1.29, 1.82) is 0 Å². The van der Waals surface area contributed by atoms with Crippen molar-refractivity contribution in [2.24, 2.45) is 4.99 Å². The average Bonchev–Trinajstić information content (AvgIpc) is 3.16. The maximum absolute atomic E-state index is 11.7. The summed E-state index contributed by atoms with van der Waals surface area (Å²) in [7, 11) is 3.63. The van der Waals surface area contributed by atoms with E-state index in [-0.39, 0.29) is 6.04 Å². The summed E-state index contributed by atoms with van der Waals surface area (Å²) in [4.78, 5) is 18.6. The molecule has 0 saturated carbocycles. The van der Waals surface area contributed by atoms with Gasteiger partial charge in [0.2, 0.25) is 0 Å². The molecule has 0 bridgehead atoms. The minimum Gasteiger partial charge on any atom is -0.493 e. The van der Waals surface area contributed by atoms with Gasteiger partial charge in [0.15, 0.2) is 17.8 Å². The number of carbonyl (C=O) groups is 1. The van der Waals surface area contributed by atoms with E-state index in [0.29, 0.717) is 29.4 Å². The van der Waals surface area contributed by atoms with Crippen LogP contribution in [0.2, 0.25) is 0 Å². The third kappa shape index (κ3) is 4.70. The first-order chi connectivity index (χ1) is 15.6. The molecular formula is C26H25BrN2O3. The molecule has 4 rings (SSSR count). The number of fused-ring (bicyclic) bond motifs is 1. The minimum atomic E-state index is 0.130. The fraction of sp³-hybridized carbons (Fsp3) is 0.231. The van der Waals surface area contributed by atoms with E-state index in [1.807, 2.05) is 24.4 Å². The van der Waals surface area contributed by atoms with E-state index >= 15 is 0 Å². The summed E-state index contributed by atoms with van der Waals surface area (Å²) in [5.74, 6) is 1.06. The van der Waals surface area contributed by atoms with Crippen molar-refractivity contribution < 1.29 is 14.3 Å². The number of aliphatic imine (C=N–C) groups is 1. The molecule has 3 aromatic rings. The molecule has 1 unspecified atom stereocenters. The summed E-state index contributed by atoms with van der Waals surface area (Å²) in [6, 6.07) is 20.1. The van der Waals surface area contributed by atoms with Gasteiger partial charge >= 0.3 is 0 Å². The molecule has 1 aliphatic heterocycles. The Morgan fingerprint density at radius 3 is 2.66 bits per heavy atom. The monoisotopic (exact) mass is 492 g/mol. The van der Waals surface area contributed by atoms with Gasteiger partial charge in [-0.2, -0.15) is 0 Å². The first kappa shape index (κ1) is 22.1. The van der Waals surface area contributed by atoms with E-state index in [1.165, 1.54) is 16.8 Å². The number of aldehydes is 1. The Kier molecular flexibility index (Phi) is 6.90. The number of hydrogen-bond acceptors (Lipinski definition) is 5. The summed E-state index contributed by atoms with van der Waals surface area (Å²) in [5.41, 5.74) is 5.77. The Bertz CT molecular complexity index is 1150. The molecular weight excluding hydrogens is 468 g/mol. The van der Waals surface area contributed by atoms with Crippen molar-refractivity contribution >= 4 is 39.8 Å². The number of para-hydroxylation sites is 1. The molecule has 0 saturated heterocycles. The van der Waals surface area contributed by atoms with E-state index in [2.05, 4.69) is 63.2 Å². The quantitative estimate of drug-likeness (QED) is 0.228. The number of hydrogen-bond donors (Lipinski definition) is 0. The van der Waals surface area contributed by atoms with E-state index in [9.17, 15) is 4.79 Å². The normalized spacial score (nSPS) is 15.1. The van der Waals surface area contributed by atoms with Crippen LogP contribution in [0.3, 0.4) is 0 Å². The Morgan fingerprint density at radius 1 is 1.09 bits per heavy atom. The lowest BCUT2D eigenvalue weighted by Gasteiger charge is -2.19. The van der Waals surface area contributed by atoms with E-state index in [0.717, 1.165) is 23.6 Å². The van der Waals surface area contributed by atoms with E-state index < -0.39 is 0 Å². The van der Waals surface area contributed by atoms with Crippen molar-refractivity contribution in [3.05, 3.63) is 82.9 Å². The highest BCUT2D eigenvalue weighted by Gasteiger charge is 2.24.